The van der Waals surface area contributed by atoms with Crippen molar-refractivity contribution in [1.82, 2.24) is 19.9 Å². The van der Waals surface area contributed by atoms with Crippen molar-refractivity contribution < 1.29 is 19.1 Å². The van der Waals surface area contributed by atoms with Crippen LogP contribution in [0.25, 0.3) is 22.3 Å². The van der Waals surface area contributed by atoms with E-state index in [1.54, 1.807) is 12.4 Å². The van der Waals surface area contributed by atoms with Crippen molar-refractivity contribution in [2.45, 2.75) is 13.8 Å². The number of nitrogens with zero attached hydrogens (tertiary/aromatic N) is 3. The Morgan fingerprint density at radius 1 is 1.08 bits per heavy atom. The molecule has 0 unspecified atom stereocenters. The zero-order chi connectivity index (χ0) is 18.4. The standard InChI is InChI=1S/C15H12N4O4.C2H6/c1-22-10-7-19-12(9-6-16-3-4-17-9)13-11(10)8(5-18-13)14(20)15(21)23-2;1-2/h3-7,18H,1-2H3;1-2H3. The largest absolute Gasteiger partial charge is 0.494 e. The minimum Gasteiger partial charge on any atom is -0.494 e. The Labute approximate surface area is 144 Å². The molecule has 0 aromatic carbocycles. The zero-order valence-corrected chi connectivity index (χ0v) is 14.4. The van der Waals surface area contributed by atoms with Crippen molar-refractivity contribution in [3.05, 3.63) is 36.5 Å². The SMILES string of the molecule is CC.COC(=O)C(=O)c1c[nH]c2c(-c3cnccn3)ncc(OC)c12. The van der Waals surface area contributed by atoms with Crippen molar-refractivity contribution in [2.24, 2.45) is 0 Å². The smallest absolute Gasteiger partial charge is 0.379 e. The number of carbonyl (C=O) groups is 2. The van der Waals surface area contributed by atoms with Gasteiger partial charge in [0.05, 0.1) is 43.1 Å². The molecule has 0 amide bonds. The van der Waals surface area contributed by atoms with Crippen LogP contribution in [0.15, 0.2) is 31.0 Å². The number of H-pyrrole nitrogens is 1. The van der Waals surface area contributed by atoms with Crippen LogP contribution in [0.3, 0.4) is 0 Å². The molecule has 8 heteroatoms. The minimum atomic E-state index is -0.953. The minimum absolute atomic E-state index is 0.149. The summed E-state index contributed by atoms with van der Waals surface area (Å²) in [5.74, 6) is -1.36. The molecule has 8 nitrogen and oxygen atoms in total. The van der Waals surface area contributed by atoms with E-state index in [2.05, 4.69) is 24.7 Å². The Hall–Kier alpha value is -3.29. The Kier molecular flexibility index (Phi) is 5.78. The van der Waals surface area contributed by atoms with E-state index in [1.807, 2.05) is 13.8 Å². The third-order valence-electron chi connectivity index (χ3n) is 3.32. The second kappa shape index (κ2) is 8.00. The number of ketones is 1. The first-order valence-electron chi connectivity index (χ1n) is 7.60. The number of carbonyl (C=O) groups excluding carboxylic acids is 2. The summed E-state index contributed by atoms with van der Waals surface area (Å²) in [5, 5.41) is 0.443. The molecule has 1 N–H and O–H groups in total. The summed E-state index contributed by atoms with van der Waals surface area (Å²) >= 11 is 0. The van der Waals surface area contributed by atoms with E-state index in [1.165, 1.54) is 25.7 Å². The number of Topliss-reactive ketones (excluding diaryl/α,β-unsaturated/α-hetero) is 1. The number of hydrogen-bond acceptors (Lipinski definition) is 7. The van der Waals surface area contributed by atoms with Crippen molar-refractivity contribution in [1.29, 1.82) is 0 Å². The molecular weight excluding hydrogens is 324 g/mol. The van der Waals surface area contributed by atoms with Crippen LogP contribution in [0, 0.1) is 0 Å². The zero-order valence-electron chi connectivity index (χ0n) is 14.4. The molecule has 3 aromatic heterocycles. The van der Waals surface area contributed by atoms with Crippen LogP contribution in [-0.2, 0) is 9.53 Å². The highest BCUT2D eigenvalue weighted by molar-refractivity contribution is 6.43. The first kappa shape index (κ1) is 18.1. The molecule has 0 atom stereocenters. The van der Waals surface area contributed by atoms with E-state index in [0.717, 1.165) is 7.11 Å². The van der Waals surface area contributed by atoms with Gasteiger partial charge >= 0.3 is 5.97 Å². The Morgan fingerprint density at radius 2 is 1.84 bits per heavy atom. The molecule has 0 aliphatic rings. The van der Waals surface area contributed by atoms with Gasteiger partial charge in [0, 0.05) is 18.6 Å². The van der Waals surface area contributed by atoms with Crippen LogP contribution in [0.5, 0.6) is 5.75 Å². The molecule has 130 valence electrons. The first-order chi connectivity index (χ1) is 12.2. The highest BCUT2D eigenvalue weighted by Gasteiger charge is 2.25. The van der Waals surface area contributed by atoms with Gasteiger partial charge < -0.3 is 14.5 Å². The Morgan fingerprint density at radius 3 is 2.44 bits per heavy atom. The number of esters is 1. The summed E-state index contributed by atoms with van der Waals surface area (Å²) in [5.41, 5.74) is 1.70. The summed E-state index contributed by atoms with van der Waals surface area (Å²) in [4.78, 5) is 39.2. The summed E-state index contributed by atoms with van der Waals surface area (Å²) < 4.78 is 9.75. The van der Waals surface area contributed by atoms with Gasteiger partial charge in [-0.3, -0.25) is 14.8 Å². The number of ether oxygens (including phenoxy) is 2. The van der Waals surface area contributed by atoms with E-state index in [9.17, 15) is 9.59 Å². The molecule has 0 saturated heterocycles. The van der Waals surface area contributed by atoms with Crippen molar-refractivity contribution in [2.75, 3.05) is 14.2 Å². The van der Waals surface area contributed by atoms with E-state index in [-0.39, 0.29) is 5.56 Å². The van der Waals surface area contributed by atoms with E-state index in [0.29, 0.717) is 28.0 Å². The van der Waals surface area contributed by atoms with E-state index >= 15 is 0 Å². The number of methoxy groups -OCH3 is 2. The molecule has 3 heterocycles. The van der Waals surface area contributed by atoms with Crippen LogP contribution in [-0.4, -0.2) is 45.9 Å². The van der Waals surface area contributed by atoms with Crippen LogP contribution in [0.2, 0.25) is 0 Å². The topological polar surface area (TPSA) is 107 Å². The van der Waals surface area contributed by atoms with Crippen LogP contribution in [0.4, 0.5) is 0 Å². The number of fused-ring (bicyclic) bond motifs is 1. The number of nitrogens with one attached hydrogen (secondary N) is 1. The Bertz CT molecular complexity index is 890. The van der Waals surface area contributed by atoms with Crippen LogP contribution in [0.1, 0.15) is 24.2 Å². The summed E-state index contributed by atoms with van der Waals surface area (Å²) in [7, 11) is 2.61. The fraction of sp³-hybridized carbons (Fsp3) is 0.235. The second-order valence-corrected chi connectivity index (χ2v) is 4.54. The molecule has 0 bridgehead atoms. The van der Waals surface area contributed by atoms with Gasteiger partial charge in [-0.2, -0.15) is 0 Å². The summed E-state index contributed by atoms with van der Waals surface area (Å²) in [6.45, 7) is 4.00. The average Bonchev–Trinajstić information content (AvgIpc) is 3.13. The monoisotopic (exact) mass is 342 g/mol. The van der Waals surface area contributed by atoms with Gasteiger partial charge in [-0.1, -0.05) is 13.8 Å². The van der Waals surface area contributed by atoms with Gasteiger partial charge in [-0.25, -0.2) is 9.78 Å². The highest BCUT2D eigenvalue weighted by atomic mass is 16.5. The molecule has 0 saturated carbocycles. The number of aromatic nitrogens is 4. The van der Waals surface area contributed by atoms with E-state index in [4.69, 9.17) is 4.74 Å². The maximum absolute atomic E-state index is 12.2. The van der Waals surface area contributed by atoms with Gasteiger partial charge in [-0.15, -0.1) is 0 Å². The lowest BCUT2D eigenvalue weighted by molar-refractivity contribution is -0.135. The van der Waals surface area contributed by atoms with Crippen molar-refractivity contribution in [3.63, 3.8) is 0 Å². The molecule has 0 spiro atoms. The Balaban J connectivity index is 0.00000109. The predicted octanol–water partition coefficient (Wildman–Crippen LogP) is 2.41. The molecule has 0 aliphatic carbocycles. The fourth-order valence-corrected chi connectivity index (χ4v) is 2.27. The normalized spacial score (nSPS) is 9.92. The molecule has 0 aliphatic heterocycles. The van der Waals surface area contributed by atoms with Gasteiger partial charge in [0.15, 0.2) is 0 Å². The second-order valence-electron chi connectivity index (χ2n) is 4.54. The molecule has 3 aromatic rings. The molecule has 25 heavy (non-hydrogen) atoms. The first-order valence-corrected chi connectivity index (χ1v) is 7.60. The number of rotatable bonds is 4. The van der Waals surface area contributed by atoms with Gasteiger partial charge in [0.25, 0.3) is 5.78 Å². The molecule has 3 rings (SSSR count). The van der Waals surface area contributed by atoms with Crippen molar-refractivity contribution in [3.8, 4) is 17.1 Å². The van der Waals surface area contributed by atoms with Gasteiger partial charge in [0.2, 0.25) is 0 Å². The van der Waals surface area contributed by atoms with E-state index < -0.39 is 11.8 Å². The predicted molar refractivity (Wildman–Crippen MR) is 91.4 cm³/mol. The van der Waals surface area contributed by atoms with Gasteiger partial charge in [0.1, 0.15) is 17.1 Å². The highest BCUT2D eigenvalue weighted by Crippen LogP contribution is 2.33. The molecule has 0 radical (unpaired) electrons. The molecule has 0 fully saturated rings. The fourth-order valence-electron chi connectivity index (χ4n) is 2.27. The lowest BCUT2D eigenvalue weighted by Crippen LogP contribution is -2.15. The number of pyridine rings is 1. The average molecular weight is 342 g/mol. The van der Waals surface area contributed by atoms with Crippen molar-refractivity contribution >= 4 is 22.7 Å². The maximum Gasteiger partial charge on any atom is 0.379 e. The van der Waals surface area contributed by atoms with Crippen LogP contribution >= 0.6 is 0 Å². The number of aromatic amines is 1. The quantitative estimate of drug-likeness (QED) is 0.441. The third kappa shape index (κ3) is 3.32. The van der Waals surface area contributed by atoms with Crippen LogP contribution < -0.4 is 4.74 Å². The molecular formula is C17H18N4O4. The summed E-state index contributed by atoms with van der Waals surface area (Å²) in [6.07, 6.45) is 7.53. The lowest BCUT2D eigenvalue weighted by atomic mass is 10.1. The summed E-state index contributed by atoms with van der Waals surface area (Å²) in [6, 6.07) is 0. The number of hydrogen-bond donors (Lipinski definition) is 1. The third-order valence-corrected chi connectivity index (χ3v) is 3.32. The van der Waals surface area contributed by atoms with Gasteiger partial charge in [-0.05, 0) is 0 Å². The maximum atomic E-state index is 12.2. The lowest BCUT2D eigenvalue weighted by Gasteiger charge is -2.07.